The Bertz CT molecular complexity index is 615. The maximum Gasteiger partial charge on any atom is 0.408 e. The van der Waals surface area contributed by atoms with Gasteiger partial charge in [-0.05, 0) is 23.4 Å². The summed E-state index contributed by atoms with van der Waals surface area (Å²) in [6.07, 6.45) is -0.661. The summed E-state index contributed by atoms with van der Waals surface area (Å²) in [4.78, 5) is 26.1. The summed E-state index contributed by atoms with van der Waals surface area (Å²) in [5.41, 5.74) is 6.99. The second-order valence-corrected chi connectivity index (χ2v) is 5.23. The van der Waals surface area contributed by atoms with Crippen molar-refractivity contribution in [3.8, 4) is 0 Å². The molecule has 1 aromatic heterocycles. The molecule has 0 unspecified atom stereocenters. The number of hydrogen-bond donors (Lipinski definition) is 3. The van der Waals surface area contributed by atoms with E-state index in [4.69, 9.17) is 10.5 Å². The van der Waals surface area contributed by atoms with Gasteiger partial charge >= 0.3 is 6.09 Å². The first-order chi connectivity index (χ1) is 9.97. The highest BCUT2D eigenvalue weighted by Crippen LogP contribution is 2.15. The molecule has 1 heterocycles. The lowest BCUT2D eigenvalue weighted by Gasteiger charge is -2.18. The zero-order valence-corrected chi connectivity index (χ0v) is 12.1. The standard InChI is InChI=1S/C15H19N3O3/c1-9(2)13(14(16)19)18-15(20)21-8-11-7-10-5-3-4-6-12(10)17-11/h3-7,9,13,17H,8H2,1-2H3,(H2,16,19)(H,18,20)/t13-/m0/s1. The SMILES string of the molecule is CC(C)[C@H](NC(=O)OCc1cc2ccccc2[nH]1)C(N)=O. The first kappa shape index (κ1) is 14.9. The Morgan fingerprint density at radius 2 is 2.05 bits per heavy atom. The molecule has 0 bridgehead atoms. The van der Waals surface area contributed by atoms with Gasteiger partial charge in [-0.25, -0.2) is 4.79 Å². The van der Waals surface area contributed by atoms with Crippen LogP contribution in [0.5, 0.6) is 0 Å². The number of aromatic amines is 1. The number of para-hydroxylation sites is 1. The van der Waals surface area contributed by atoms with Crippen LogP contribution in [0.25, 0.3) is 10.9 Å². The van der Waals surface area contributed by atoms with Crippen LogP contribution in [-0.4, -0.2) is 23.0 Å². The fourth-order valence-corrected chi connectivity index (χ4v) is 2.09. The molecule has 1 aromatic carbocycles. The molecule has 1 atom stereocenters. The molecule has 0 radical (unpaired) electrons. The summed E-state index contributed by atoms with van der Waals surface area (Å²) in [6.45, 7) is 3.70. The molecule has 0 saturated heterocycles. The predicted octanol–water partition coefficient (Wildman–Crippen LogP) is 1.90. The van der Waals surface area contributed by atoms with E-state index in [0.29, 0.717) is 0 Å². The number of rotatable bonds is 5. The number of primary amides is 1. The van der Waals surface area contributed by atoms with Crippen LogP contribution in [0.15, 0.2) is 30.3 Å². The van der Waals surface area contributed by atoms with Crippen LogP contribution < -0.4 is 11.1 Å². The average molecular weight is 289 g/mol. The third-order valence-electron chi connectivity index (χ3n) is 3.19. The van der Waals surface area contributed by atoms with E-state index in [-0.39, 0.29) is 12.5 Å². The first-order valence-corrected chi connectivity index (χ1v) is 6.76. The van der Waals surface area contributed by atoms with Gasteiger partial charge in [-0.2, -0.15) is 0 Å². The Morgan fingerprint density at radius 1 is 1.33 bits per heavy atom. The predicted molar refractivity (Wildman–Crippen MR) is 79.4 cm³/mol. The molecule has 0 aliphatic heterocycles. The number of hydrogen-bond acceptors (Lipinski definition) is 3. The molecule has 6 heteroatoms. The van der Waals surface area contributed by atoms with E-state index in [1.807, 2.05) is 30.3 Å². The Hall–Kier alpha value is -2.50. The third kappa shape index (κ3) is 3.75. The Kier molecular flexibility index (Phi) is 4.47. The van der Waals surface area contributed by atoms with Gasteiger partial charge in [0, 0.05) is 5.52 Å². The smallest absolute Gasteiger partial charge is 0.408 e. The molecule has 0 saturated carbocycles. The number of ether oxygens (including phenoxy) is 1. The molecule has 2 aromatic rings. The minimum atomic E-state index is -0.736. The number of carbonyl (C=O) groups excluding carboxylic acids is 2. The van der Waals surface area contributed by atoms with Gasteiger partial charge in [0.05, 0.1) is 5.69 Å². The van der Waals surface area contributed by atoms with Crippen LogP contribution in [0, 0.1) is 5.92 Å². The van der Waals surface area contributed by atoms with Gasteiger partial charge in [-0.15, -0.1) is 0 Å². The second-order valence-electron chi connectivity index (χ2n) is 5.23. The Balaban J connectivity index is 1.93. The summed E-state index contributed by atoms with van der Waals surface area (Å²) >= 11 is 0. The van der Waals surface area contributed by atoms with Crippen molar-refractivity contribution >= 4 is 22.9 Å². The molecule has 112 valence electrons. The number of H-pyrrole nitrogens is 1. The summed E-state index contributed by atoms with van der Waals surface area (Å²) in [6, 6.07) is 8.96. The van der Waals surface area contributed by atoms with Crippen LogP contribution in [0.4, 0.5) is 4.79 Å². The molecule has 21 heavy (non-hydrogen) atoms. The molecular weight excluding hydrogens is 270 g/mol. The van der Waals surface area contributed by atoms with Crippen molar-refractivity contribution in [1.82, 2.24) is 10.3 Å². The fraction of sp³-hybridized carbons (Fsp3) is 0.333. The maximum atomic E-state index is 11.7. The second kappa shape index (κ2) is 6.30. The van der Waals surface area contributed by atoms with Gasteiger partial charge < -0.3 is 20.8 Å². The minimum absolute atomic E-state index is 0.0943. The van der Waals surface area contributed by atoms with E-state index in [2.05, 4.69) is 10.3 Å². The van der Waals surface area contributed by atoms with Crippen molar-refractivity contribution in [2.24, 2.45) is 11.7 Å². The number of nitrogens with two attached hydrogens (primary N) is 1. The Labute approximate surface area is 122 Å². The molecule has 0 aliphatic rings. The van der Waals surface area contributed by atoms with Crippen molar-refractivity contribution in [3.05, 3.63) is 36.0 Å². The van der Waals surface area contributed by atoms with E-state index in [1.54, 1.807) is 13.8 Å². The fourth-order valence-electron chi connectivity index (χ4n) is 2.09. The van der Waals surface area contributed by atoms with Crippen molar-refractivity contribution in [2.75, 3.05) is 0 Å². The average Bonchev–Trinajstić information content (AvgIpc) is 2.84. The van der Waals surface area contributed by atoms with Gasteiger partial charge in [0.2, 0.25) is 5.91 Å². The van der Waals surface area contributed by atoms with E-state index in [1.165, 1.54) is 0 Å². The minimum Gasteiger partial charge on any atom is -0.443 e. The summed E-state index contributed by atoms with van der Waals surface area (Å²) in [5, 5.41) is 3.52. The monoisotopic (exact) mass is 289 g/mol. The summed E-state index contributed by atoms with van der Waals surface area (Å²) in [7, 11) is 0. The van der Waals surface area contributed by atoms with Crippen LogP contribution in [0.1, 0.15) is 19.5 Å². The lowest BCUT2D eigenvalue weighted by molar-refractivity contribution is -0.120. The van der Waals surface area contributed by atoms with E-state index in [9.17, 15) is 9.59 Å². The van der Waals surface area contributed by atoms with Gasteiger partial charge in [-0.1, -0.05) is 32.0 Å². The number of nitrogens with one attached hydrogen (secondary N) is 2. The summed E-state index contributed by atoms with van der Waals surface area (Å²) < 4.78 is 5.10. The van der Waals surface area contributed by atoms with Crippen molar-refractivity contribution < 1.29 is 14.3 Å². The van der Waals surface area contributed by atoms with Crippen molar-refractivity contribution in [2.45, 2.75) is 26.5 Å². The lowest BCUT2D eigenvalue weighted by Crippen LogP contribution is -2.47. The number of benzene rings is 1. The highest BCUT2D eigenvalue weighted by atomic mass is 16.5. The molecule has 2 amide bonds. The van der Waals surface area contributed by atoms with Crippen LogP contribution in [-0.2, 0) is 16.1 Å². The summed E-state index contributed by atoms with van der Waals surface area (Å²) in [5.74, 6) is -0.671. The first-order valence-electron chi connectivity index (χ1n) is 6.76. The van der Waals surface area contributed by atoms with Crippen LogP contribution in [0.3, 0.4) is 0 Å². The number of amides is 2. The highest BCUT2D eigenvalue weighted by molar-refractivity contribution is 5.84. The van der Waals surface area contributed by atoms with E-state index >= 15 is 0 Å². The molecular formula is C15H19N3O3. The lowest BCUT2D eigenvalue weighted by atomic mass is 10.0. The molecule has 0 aliphatic carbocycles. The number of aromatic nitrogens is 1. The highest BCUT2D eigenvalue weighted by Gasteiger charge is 2.22. The number of fused-ring (bicyclic) bond motifs is 1. The number of carbonyl (C=O) groups is 2. The quantitative estimate of drug-likeness (QED) is 0.784. The van der Waals surface area contributed by atoms with Gasteiger partial charge in [0.25, 0.3) is 0 Å². The topological polar surface area (TPSA) is 97.2 Å². The van der Waals surface area contributed by atoms with Gasteiger partial charge in [0.15, 0.2) is 0 Å². The van der Waals surface area contributed by atoms with E-state index < -0.39 is 18.0 Å². The van der Waals surface area contributed by atoms with E-state index in [0.717, 1.165) is 16.6 Å². The largest absolute Gasteiger partial charge is 0.443 e. The molecule has 0 spiro atoms. The van der Waals surface area contributed by atoms with Gasteiger partial charge in [-0.3, -0.25) is 4.79 Å². The zero-order chi connectivity index (χ0) is 15.4. The zero-order valence-electron chi connectivity index (χ0n) is 12.1. The van der Waals surface area contributed by atoms with Crippen molar-refractivity contribution in [1.29, 1.82) is 0 Å². The maximum absolute atomic E-state index is 11.7. The molecule has 6 nitrogen and oxygen atoms in total. The Morgan fingerprint density at radius 3 is 2.67 bits per heavy atom. The molecule has 4 N–H and O–H groups in total. The number of alkyl carbamates (subject to hydrolysis) is 1. The molecule has 2 rings (SSSR count). The van der Waals surface area contributed by atoms with Crippen molar-refractivity contribution in [3.63, 3.8) is 0 Å². The van der Waals surface area contributed by atoms with Crippen LogP contribution in [0.2, 0.25) is 0 Å². The van der Waals surface area contributed by atoms with Gasteiger partial charge in [0.1, 0.15) is 12.6 Å². The normalized spacial score (nSPS) is 12.3. The molecule has 0 fully saturated rings. The third-order valence-corrected chi connectivity index (χ3v) is 3.19. The van der Waals surface area contributed by atoms with Crippen LogP contribution >= 0.6 is 0 Å².